The summed E-state index contributed by atoms with van der Waals surface area (Å²) in [5, 5.41) is 6.31. The molecule has 4 aliphatic rings. The topological polar surface area (TPSA) is 113 Å². The minimum absolute atomic E-state index is 0.0900. The molecule has 4 atom stereocenters. The molecule has 0 radical (unpaired) electrons. The molecule has 4 saturated heterocycles. The Kier molecular flexibility index (Phi) is 10.7. The van der Waals surface area contributed by atoms with Crippen molar-refractivity contribution in [3.8, 4) is 0 Å². The van der Waals surface area contributed by atoms with Gasteiger partial charge < -0.3 is 34.6 Å². The van der Waals surface area contributed by atoms with Crippen LogP contribution in [0.2, 0.25) is 0 Å². The van der Waals surface area contributed by atoms with E-state index in [0.29, 0.717) is 38.1 Å². The lowest BCUT2D eigenvalue weighted by Crippen LogP contribution is -2.58. The zero-order chi connectivity index (χ0) is 33.7. The average molecular weight is 662 g/mol. The van der Waals surface area contributed by atoms with Crippen LogP contribution in [0.15, 0.2) is 60.7 Å². The first-order valence-electron chi connectivity index (χ1n) is 17.4. The second kappa shape index (κ2) is 14.9. The molecule has 11 heteroatoms. The number of benzene rings is 2. The van der Waals surface area contributed by atoms with Crippen LogP contribution in [0.3, 0.4) is 0 Å². The quantitative estimate of drug-likeness (QED) is 0.400. The van der Waals surface area contributed by atoms with Gasteiger partial charge in [-0.15, -0.1) is 0 Å². The number of nitrogens with zero attached hydrogens (tertiary/aromatic N) is 3. The summed E-state index contributed by atoms with van der Waals surface area (Å²) in [5.41, 5.74) is 1.64. The monoisotopic (exact) mass is 661 g/mol. The van der Waals surface area contributed by atoms with Gasteiger partial charge in [-0.3, -0.25) is 14.5 Å². The number of alkyl carbamates (subject to hydrolysis) is 1. The van der Waals surface area contributed by atoms with Crippen LogP contribution in [0.5, 0.6) is 0 Å². The van der Waals surface area contributed by atoms with Gasteiger partial charge in [-0.2, -0.15) is 0 Å². The van der Waals surface area contributed by atoms with Crippen LogP contribution in [-0.2, 0) is 30.4 Å². The van der Waals surface area contributed by atoms with Gasteiger partial charge in [0.1, 0.15) is 24.8 Å². The molecule has 260 valence electrons. The van der Waals surface area contributed by atoms with Gasteiger partial charge in [0.25, 0.3) is 0 Å². The van der Waals surface area contributed by atoms with E-state index in [4.69, 9.17) is 14.2 Å². The Hall–Kier alpha value is -3.51. The molecule has 4 aliphatic heterocycles. The van der Waals surface area contributed by atoms with Crippen molar-refractivity contribution in [2.45, 2.75) is 64.5 Å². The molecule has 11 nitrogen and oxygen atoms in total. The molecule has 2 aromatic rings. The third-order valence-electron chi connectivity index (χ3n) is 10.2. The van der Waals surface area contributed by atoms with Crippen LogP contribution in [-0.4, -0.2) is 116 Å². The maximum absolute atomic E-state index is 14.4. The van der Waals surface area contributed by atoms with Crippen LogP contribution < -0.4 is 10.6 Å². The fraction of sp³-hybridized carbons (Fsp3) is 0.595. The highest BCUT2D eigenvalue weighted by atomic mass is 16.5. The van der Waals surface area contributed by atoms with E-state index in [1.165, 1.54) is 6.42 Å². The van der Waals surface area contributed by atoms with Crippen LogP contribution in [0.25, 0.3) is 0 Å². The van der Waals surface area contributed by atoms with Crippen molar-refractivity contribution < 1.29 is 28.6 Å². The minimum Gasteiger partial charge on any atom is -0.445 e. The van der Waals surface area contributed by atoms with E-state index in [1.807, 2.05) is 86.3 Å². The van der Waals surface area contributed by atoms with E-state index >= 15 is 0 Å². The van der Waals surface area contributed by atoms with Gasteiger partial charge >= 0.3 is 6.09 Å². The third kappa shape index (κ3) is 8.19. The molecule has 4 heterocycles. The Balaban J connectivity index is 1.13. The third-order valence-corrected chi connectivity index (χ3v) is 10.2. The van der Waals surface area contributed by atoms with Gasteiger partial charge in [0, 0.05) is 51.1 Å². The van der Waals surface area contributed by atoms with Gasteiger partial charge in [0.05, 0.1) is 25.9 Å². The van der Waals surface area contributed by atoms with Gasteiger partial charge in [-0.25, -0.2) is 4.79 Å². The lowest BCUT2D eigenvalue weighted by molar-refractivity contribution is -0.150. The van der Waals surface area contributed by atoms with E-state index in [9.17, 15) is 14.4 Å². The van der Waals surface area contributed by atoms with E-state index < -0.39 is 23.6 Å². The van der Waals surface area contributed by atoms with E-state index in [-0.39, 0.29) is 37.2 Å². The molecule has 0 unspecified atom stereocenters. The SMILES string of the molecule is CC(C)(C)[C@H](NC(=O)OCc1ccccc1)C(=O)N1C[C@@H](OCCN2CC3(CCNC3)C2)C[C@H]1C(=O)N1CCO[C@H](c2ccccc2)C1. The highest BCUT2D eigenvalue weighted by molar-refractivity contribution is 5.92. The molecule has 0 bridgehead atoms. The van der Waals surface area contributed by atoms with Crippen molar-refractivity contribution in [2.75, 3.05) is 65.6 Å². The molecule has 6 rings (SSSR count). The van der Waals surface area contributed by atoms with Crippen LogP contribution >= 0.6 is 0 Å². The van der Waals surface area contributed by atoms with Crippen molar-refractivity contribution >= 4 is 17.9 Å². The van der Waals surface area contributed by atoms with Crippen LogP contribution in [0.4, 0.5) is 4.79 Å². The Labute approximate surface area is 284 Å². The second-order valence-electron chi connectivity index (χ2n) is 14.9. The first-order valence-corrected chi connectivity index (χ1v) is 17.4. The second-order valence-corrected chi connectivity index (χ2v) is 14.9. The summed E-state index contributed by atoms with van der Waals surface area (Å²) in [5.74, 6) is -0.425. The maximum atomic E-state index is 14.4. The number of carbonyl (C=O) groups excluding carboxylic acids is 3. The molecule has 2 N–H and O–H groups in total. The number of rotatable bonds is 10. The summed E-state index contributed by atoms with van der Waals surface area (Å²) in [6.45, 7) is 13.1. The smallest absolute Gasteiger partial charge is 0.408 e. The molecule has 1 spiro atoms. The Morgan fingerprint density at radius 3 is 2.46 bits per heavy atom. The lowest BCUT2D eigenvalue weighted by atomic mass is 9.79. The number of hydrogen-bond acceptors (Lipinski definition) is 8. The summed E-state index contributed by atoms with van der Waals surface area (Å²) < 4.78 is 17.9. The summed E-state index contributed by atoms with van der Waals surface area (Å²) >= 11 is 0. The number of ether oxygens (including phenoxy) is 3. The number of carbonyl (C=O) groups is 3. The predicted molar refractivity (Wildman–Crippen MR) is 181 cm³/mol. The van der Waals surface area contributed by atoms with Gasteiger partial charge in [0.15, 0.2) is 0 Å². The molecule has 48 heavy (non-hydrogen) atoms. The summed E-state index contributed by atoms with van der Waals surface area (Å²) in [6, 6.07) is 17.7. The fourth-order valence-electron chi connectivity index (χ4n) is 7.50. The molecule has 0 aliphatic carbocycles. The number of morpholine rings is 1. The van der Waals surface area contributed by atoms with Crippen molar-refractivity contribution in [2.24, 2.45) is 10.8 Å². The Morgan fingerprint density at radius 2 is 1.77 bits per heavy atom. The van der Waals surface area contributed by atoms with Gasteiger partial charge in [0.2, 0.25) is 11.8 Å². The zero-order valence-electron chi connectivity index (χ0n) is 28.6. The number of amides is 3. The fourth-order valence-corrected chi connectivity index (χ4v) is 7.50. The van der Waals surface area contributed by atoms with Crippen molar-refractivity contribution in [3.63, 3.8) is 0 Å². The number of hydrogen-bond donors (Lipinski definition) is 2. The largest absolute Gasteiger partial charge is 0.445 e. The predicted octanol–water partition coefficient (Wildman–Crippen LogP) is 3.21. The zero-order valence-corrected chi connectivity index (χ0v) is 28.6. The summed E-state index contributed by atoms with van der Waals surface area (Å²) in [6.07, 6.45) is 0.429. The molecule has 0 aromatic heterocycles. The lowest BCUT2D eigenvalue weighted by Gasteiger charge is -2.47. The highest BCUT2D eigenvalue weighted by Gasteiger charge is 2.48. The first kappa shape index (κ1) is 34.4. The molecule has 0 saturated carbocycles. The van der Waals surface area contributed by atoms with Crippen molar-refractivity contribution in [1.29, 1.82) is 0 Å². The maximum Gasteiger partial charge on any atom is 0.408 e. The molecule has 2 aromatic carbocycles. The van der Waals surface area contributed by atoms with Gasteiger partial charge in [-0.05, 0) is 29.5 Å². The van der Waals surface area contributed by atoms with Gasteiger partial charge in [-0.1, -0.05) is 81.4 Å². The van der Waals surface area contributed by atoms with Crippen LogP contribution in [0.1, 0.15) is 50.8 Å². The van der Waals surface area contributed by atoms with E-state index in [1.54, 1.807) is 4.90 Å². The summed E-state index contributed by atoms with van der Waals surface area (Å²) in [4.78, 5) is 47.5. The normalized spacial score (nSPS) is 24.7. The van der Waals surface area contributed by atoms with Crippen molar-refractivity contribution in [3.05, 3.63) is 71.8 Å². The van der Waals surface area contributed by atoms with Crippen LogP contribution in [0, 0.1) is 10.8 Å². The minimum atomic E-state index is -0.908. The molecular weight excluding hydrogens is 610 g/mol. The average Bonchev–Trinajstić information content (AvgIpc) is 3.74. The first-order chi connectivity index (χ1) is 23.1. The van der Waals surface area contributed by atoms with E-state index in [0.717, 1.165) is 43.9 Å². The van der Waals surface area contributed by atoms with E-state index in [2.05, 4.69) is 15.5 Å². The highest BCUT2D eigenvalue weighted by Crippen LogP contribution is 2.36. The Bertz CT molecular complexity index is 1390. The Morgan fingerprint density at radius 1 is 1.04 bits per heavy atom. The number of nitrogens with one attached hydrogen (secondary N) is 2. The molecule has 3 amide bonds. The summed E-state index contributed by atoms with van der Waals surface area (Å²) in [7, 11) is 0. The molecule has 4 fully saturated rings. The standard InChI is InChI=1S/C37H51N5O6/c1-36(2,3)32(39-35(45)48-23-27-10-6-4-7-11-27)34(44)42-21-29(46-18-16-40-25-37(26-40)14-15-38-24-37)20-30(42)33(43)41-17-19-47-31(22-41)28-12-8-5-9-13-28/h4-13,29-32,38H,14-26H2,1-3H3,(H,39,45)/t29-,30-,31-,32+/m0/s1. The number of likely N-dealkylation sites (tertiary alicyclic amines) is 2. The molecular formula is C37H51N5O6. The van der Waals surface area contributed by atoms with Crippen molar-refractivity contribution in [1.82, 2.24) is 25.3 Å².